The summed E-state index contributed by atoms with van der Waals surface area (Å²) in [6, 6.07) is 0.00999. The SMILES string of the molecule is C[NH+]1CCN(C(=O)CN(C2CCCCC2)S(C)(=O)=O)CC1. The second-order valence-electron chi connectivity index (χ2n) is 6.44. The van der Waals surface area contributed by atoms with Crippen molar-refractivity contribution in [3.8, 4) is 0 Å². The van der Waals surface area contributed by atoms with E-state index < -0.39 is 10.0 Å². The maximum atomic E-state index is 12.4. The number of likely N-dealkylation sites (N-methyl/N-ethyl adjacent to an activating group) is 1. The second-order valence-corrected chi connectivity index (χ2v) is 8.37. The van der Waals surface area contributed by atoms with E-state index >= 15 is 0 Å². The minimum Gasteiger partial charge on any atom is -0.334 e. The molecule has 21 heavy (non-hydrogen) atoms. The highest BCUT2D eigenvalue weighted by atomic mass is 32.2. The highest BCUT2D eigenvalue weighted by molar-refractivity contribution is 7.88. The number of nitrogens with zero attached hydrogens (tertiary/aromatic N) is 2. The van der Waals surface area contributed by atoms with Crippen LogP contribution >= 0.6 is 0 Å². The van der Waals surface area contributed by atoms with Gasteiger partial charge < -0.3 is 9.80 Å². The fourth-order valence-electron chi connectivity index (χ4n) is 3.26. The number of nitrogens with one attached hydrogen (secondary N) is 1. The van der Waals surface area contributed by atoms with Gasteiger partial charge in [-0.25, -0.2) is 8.42 Å². The zero-order valence-corrected chi connectivity index (χ0v) is 14.0. The minimum atomic E-state index is -3.33. The molecule has 0 aromatic rings. The Balaban J connectivity index is 1.99. The lowest BCUT2D eigenvalue weighted by Crippen LogP contribution is -3.12. The van der Waals surface area contributed by atoms with Crippen LogP contribution in [0.5, 0.6) is 0 Å². The molecule has 1 heterocycles. The molecule has 1 saturated heterocycles. The topological polar surface area (TPSA) is 62.1 Å². The minimum absolute atomic E-state index is 0.00999. The lowest BCUT2D eigenvalue weighted by molar-refractivity contribution is -0.883. The van der Waals surface area contributed by atoms with Crippen LogP contribution in [0.2, 0.25) is 0 Å². The molecule has 0 atom stereocenters. The van der Waals surface area contributed by atoms with Crippen molar-refractivity contribution in [1.82, 2.24) is 9.21 Å². The number of hydrogen-bond donors (Lipinski definition) is 1. The van der Waals surface area contributed by atoms with Gasteiger partial charge in [0.15, 0.2) is 0 Å². The Bertz CT molecular complexity index is 452. The maximum absolute atomic E-state index is 12.4. The molecular formula is C14H28N3O3S+. The predicted molar refractivity (Wildman–Crippen MR) is 81.6 cm³/mol. The Morgan fingerprint density at radius 3 is 2.29 bits per heavy atom. The third-order valence-electron chi connectivity index (χ3n) is 4.67. The summed E-state index contributed by atoms with van der Waals surface area (Å²) < 4.78 is 25.5. The molecule has 2 rings (SSSR count). The number of quaternary nitrogens is 1. The number of hydrogen-bond acceptors (Lipinski definition) is 3. The van der Waals surface area contributed by atoms with Crippen LogP contribution in [-0.4, -0.2) is 75.6 Å². The molecular weight excluding hydrogens is 290 g/mol. The molecule has 1 N–H and O–H groups in total. The van der Waals surface area contributed by atoms with E-state index in [0.29, 0.717) is 0 Å². The summed E-state index contributed by atoms with van der Waals surface area (Å²) in [6.45, 7) is 3.35. The van der Waals surface area contributed by atoms with E-state index in [0.717, 1.165) is 51.9 Å². The first-order chi connectivity index (χ1) is 9.88. The van der Waals surface area contributed by atoms with Crippen LogP contribution in [0.3, 0.4) is 0 Å². The van der Waals surface area contributed by atoms with Gasteiger partial charge in [0, 0.05) is 6.04 Å². The van der Waals surface area contributed by atoms with Gasteiger partial charge in [-0.1, -0.05) is 19.3 Å². The molecule has 7 heteroatoms. The van der Waals surface area contributed by atoms with E-state index in [1.165, 1.54) is 21.9 Å². The number of carbonyl (C=O) groups excluding carboxylic acids is 1. The Hall–Kier alpha value is -0.660. The number of rotatable bonds is 4. The third-order valence-corrected chi connectivity index (χ3v) is 5.95. The smallest absolute Gasteiger partial charge is 0.238 e. The largest absolute Gasteiger partial charge is 0.334 e. The first-order valence-corrected chi connectivity index (χ1v) is 9.78. The second kappa shape index (κ2) is 7.07. The molecule has 2 fully saturated rings. The van der Waals surface area contributed by atoms with Gasteiger partial charge in [0.1, 0.15) is 0 Å². The lowest BCUT2D eigenvalue weighted by Gasteiger charge is -2.35. The van der Waals surface area contributed by atoms with Gasteiger partial charge in [0.2, 0.25) is 15.9 Å². The van der Waals surface area contributed by atoms with Crippen molar-refractivity contribution in [3.63, 3.8) is 0 Å². The molecule has 1 saturated carbocycles. The van der Waals surface area contributed by atoms with Crippen molar-refractivity contribution in [3.05, 3.63) is 0 Å². The van der Waals surface area contributed by atoms with Crippen molar-refractivity contribution in [2.45, 2.75) is 38.1 Å². The zero-order chi connectivity index (χ0) is 15.5. The summed E-state index contributed by atoms with van der Waals surface area (Å²) >= 11 is 0. The molecule has 1 aliphatic heterocycles. The summed E-state index contributed by atoms with van der Waals surface area (Å²) in [5.74, 6) is -0.0431. The summed E-state index contributed by atoms with van der Waals surface area (Å²) in [4.78, 5) is 15.7. The van der Waals surface area contributed by atoms with Crippen LogP contribution in [0.1, 0.15) is 32.1 Å². The average Bonchev–Trinajstić information content (AvgIpc) is 2.45. The molecule has 6 nitrogen and oxygen atoms in total. The van der Waals surface area contributed by atoms with Crippen molar-refractivity contribution < 1.29 is 18.1 Å². The summed E-state index contributed by atoms with van der Waals surface area (Å²) in [6.07, 6.45) is 6.28. The molecule has 1 aliphatic carbocycles. The van der Waals surface area contributed by atoms with Crippen molar-refractivity contribution in [2.75, 3.05) is 46.0 Å². The monoisotopic (exact) mass is 318 g/mol. The van der Waals surface area contributed by atoms with Crippen molar-refractivity contribution in [2.24, 2.45) is 0 Å². The standard InChI is InChI=1S/C14H27N3O3S/c1-15-8-10-16(11-9-15)14(18)12-17(21(2,19)20)13-6-4-3-5-7-13/h13H,3-12H2,1-2H3/p+1. The van der Waals surface area contributed by atoms with E-state index in [4.69, 9.17) is 0 Å². The summed E-state index contributed by atoms with van der Waals surface area (Å²) in [7, 11) is -1.21. The zero-order valence-electron chi connectivity index (χ0n) is 13.2. The van der Waals surface area contributed by atoms with Crippen LogP contribution in [0.25, 0.3) is 0 Å². The van der Waals surface area contributed by atoms with Crippen LogP contribution < -0.4 is 4.90 Å². The number of carbonyl (C=O) groups is 1. The molecule has 0 radical (unpaired) electrons. The molecule has 0 aromatic heterocycles. The average molecular weight is 318 g/mol. The number of piperazine rings is 1. The summed E-state index contributed by atoms with van der Waals surface area (Å²) in [5, 5.41) is 0. The van der Waals surface area contributed by atoms with Gasteiger partial charge in [-0.15, -0.1) is 0 Å². The van der Waals surface area contributed by atoms with Crippen molar-refractivity contribution >= 4 is 15.9 Å². The third kappa shape index (κ3) is 4.66. The molecule has 0 unspecified atom stereocenters. The Morgan fingerprint density at radius 2 is 1.76 bits per heavy atom. The van der Waals surface area contributed by atoms with Gasteiger partial charge in [0.25, 0.3) is 0 Å². The van der Waals surface area contributed by atoms with E-state index in [2.05, 4.69) is 7.05 Å². The molecule has 2 aliphatic rings. The molecule has 1 amide bonds. The van der Waals surface area contributed by atoms with E-state index in [9.17, 15) is 13.2 Å². The van der Waals surface area contributed by atoms with E-state index in [1.807, 2.05) is 4.90 Å². The van der Waals surface area contributed by atoms with Crippen LogP contribution in [-0.2, 0) is 14.8 Å². The van der Waals surface area contributed by atoms with Crippen LogP contribution in [0.15, 0.2) is 0 Å². The van der Waals surface area contributed by atoms with Gasteiger partial charge in [0.05, 0.1) is 46.0 Å². The fourth-order valence-corrected chi connectivity index (χ4v) is 4.35. The first-order valence-electron chi connectivity index (χ1n) is 7.94. The fraction of sp³-hybridized carbons (Fsp3) is 0.929. The molecule has 0 aromatic carbocycles. The van der Waals surface area contributed by atoms with Gasteiger partial charge in [-0.05, 0) is 12.8 Å². The highest BCUT2D eigenvalue weighted by Crippen LogP contribution is 2.24. The predicted octanol–water partition coefficient (Wildman–Crippen LogP) is -1.06. The van der Waals surface area contributed by atoms with E-state index in [-0.39, 0.29) is 18.5 Å². The molecule has 0 spiro atoms. The maximum Gasteiger partial charge on any atom is 0.238 e. The van der Waals surface area contributed by atoms with Crippen LogP contribution in [0.4, 0.5) is 0 Å². The Kier molecular flexibility index (Phi) is 5.62. The highest BCUT2D eigenvalue weighted by Gasteiger charge is 2.32. The quantitative estimate of drug-likeness (QED) is 0.719. The van der Waals surface area contributed by atoms with Crippen LogP contribution in [0, 0.1) is 0 Å². The molecule has 0 bridgehead atoms. The lowest BCUT2D eigenvalue weighted by atomic mass is 9.95. The van der Waals surface area contributed by atoms with E-state index in [1.54, 1.807) is 0 Å². The summed E-state index contributed by atoms with van der Waals surface area (Å²) in [5.41, 5.74) is 0. The van der Waals surface area contributed by atoms with Crippen molar-refractivity contribution in [1.29, 1.82) is 0 Å². The number of amides is 1. The van der Waals surface area contributed by atoms with Gasteiger partial charge >= 0.3 is 0 Å². The Labute approximate surface area is 128 Å². The first kappa shape index (κ1) is 16.7. The van der Waals surface area contributed by atoms with Gasteiger partial charge in [-0.3, -0.25) is 4.79 Å². The number of sulfonamides is 1. The normalized spacial score (nSPS) is 22.7. The molecule has 122 valence electrons. The Morgan fingerprint density at radius 1 is 1.19 bits per heavy atom. The van der Waals surface area contributed by atoms with Gasteiger partial charge in [-0.2, -0.15) is 4.31 Å².